The van der Waals surface area contributed by atoms with Crippen LogP contribution in [0.25, 0.3) is 5.65 Å². The van der Waals surface area contributed by atoms with E-state index in [1.54, 1.807) is 29.2 Å². The number of aromatic nitrogens is 5. The van der Waals surface area contributed by atoms with Crippen molar-refractivity contribution in [1.82, 2.24) is 29.5 Å². The van der Waals surface area contributed by atoms with E-state index in [1.807, 2.05) is 11.0 Å². The third-order valence-electron chi connectivity index (χ3n) is 5.05. The molecule has 2 atom stereocenters. The van der Waals surface area contributed by atoms with Crippen LogP contribution in [0.2, 0.25) is 5.15 Å². The van der Waals surface area contributed by atoms with Gasteiger partial charge in [-0.05, 0) is 30.4 Å². The zero-order valence-electron chi connectivity index (χ0n) is 14.9. The highest BCUT2D eigenvalue weighted by molar-refractivity contribution is 6.29. The molecule has 27 heavy (non-hydrogen) atoms. The van der Waals surface area contributed by atoms with E-state index in [0.29, 0.717) is 47.2 Å². The predicted molar refractivity (Wildman–Crippen MR) is 102 cm³/mol. The largest absolute Gasteiger partial charge is 0.368 e. The first-order valence-electron chi connectivity index (χ1n) is 8.91. The third-order valence-corrected chi connectivity index (χ3v) is 5.23. The van der Waals surface area contributed by atoms with Crippen LogP contribution in [0.5, 0.6) is 0 Å². The Morgan fingerprint density at radius 1 is 1.37 bits per heavy atom. The molecule has 0 aliphatic carbocycles. The number of amides is 1. The number of rotatable bonds is 4. The summed E-state index contributed by atoms with van der Waals surface area (Å²) in [5, 5.41) is 7.88. The van der Waals surface area contributed by atoms with Gasteiger partial charge in [-0.1, -0.05) is 18.5 Å². The molecule has 1 aliphatic heterocycles. The summed E-state index contributed by atoms with van der Waals surface area (Å²) >= 11 is 5.88. The van der Waals surface area contributed by atoms with E-state index in [2.05, 4.69) is 32.3 Å². The molecule has 4 rings (SSSR count). The predicted octanol–water partition coefficient (Wildman–Crippen LogP) is 2.38. The minimum Gasteiger partial charge on any atom is -0.368 e. The van der Waals surface area contributed by atoms with Crippen LogP contribution in [0.1, 0.15) is 23.8 Å². The number of hydrogen-bond acceptors (Lipinski definition) is 6. The fourth-order valence-corrected chi connectivity index (χ4v) is 3.55. The molecule has 1 N–H and O–H groups in total. The SMILES string of the molecule is CC1CCN(C(=O)c2cnc3cccnn23)CC1CNc1cncc(Cl)n1. The van der Waals surface area contributed by atoms with Gasteiger partial charge in [-0.15, -0.1) is 0 Å². The zero-order valence-corrected chi connectivity index (χ0v) is 15.7. The van der Waals surface area contributed by atoms with Crippen molar-refractivity contribution in [2.45, 2.75) is 13.3 Å². The normalized spacial score (nSPS) is 20.0. The van der Waals surface area contributed by atoms with Gasteiger partial charge in [-0.25, -0.2) is 14.5 Å². The third kappa shape index (κ3) is 3.71. The average molecular weight is 386 g/mol. The molecule has 3 aromatic rings. The second-order valence-electron chi connectivity index (χ2n) is 6.82. The van der Waals surface area contributed by atoms with E-state index in [1.165, 1.54) is 6.20 Å². The Bertz CT molecular complexity index is 960. The zero-order chi connectivity index (χ0) is 18.8. The van der Waals surface area contributed by atoms with Gasteiger partial charge in [-0.2, -0.15) is 5.10 Å². The van der Waals surface area contributed by atoms with Crippen molar-refractivity contribution in [3.8, 4) is 0 Å². The molecule has 0 bridgehead atoms. The Hall–Kier alpha value is -2.74. The van der Waals surface area contributed by atoms with E-state index in [9.17, 15) is 4.79 Å². The molecule has 4 heterocycles. The molecule has 1 aliphatic rings. The molecule has 0 spiro atoms. The lowest BCUT2D eigenvalue weighted by Gasteiger charge is -2.37. The quantitative estimate of drug-likeness (QED) is 0.741. The van der Waals surface area contributed by atoms with Crippen LogP contribution in [0.4, 0.5) is 5.82 Å². The van der Waals surface area contributed by atoms with Gasteiger partial charge >= 0.3 is 0 Å². The first kappa shape index (κ1) is 17.7. The van der Waals surface area contributed by atoms with E-state index >= 15 is 0 Å². The maximum Gasteiger partial charge on any atom is 0.274 e. The van der Waals surface area contributed by atoms with Gasteiger partial charge in [0, 0.05) is 25.8 Å². The van der Waals surface area contributed by atoms with Crippen LogP contribution in [-0.2, 0) is 0 Å². The summed E-state index contributed by atoms with van der Waals surface area (Å²) in [5.41, 5.74) is 1.16. The lowest BCUT2D eigenvalue weighted by molar-refractivity contribution is 0.0614. The van der Waals surface area contributed by atoms with Crippen molar-refractivity contribution in [3.63, 3.8) is 0 Å². The number of likely N-dealkylation sites (tertiary alicyclic amines) is 1. The van der Waals surface area contributed by atoms with Crippen molar-refractivity contribution in [1.29, 1.82) is 0 Å². The van der Waals surface area contributed by atoms with Crippen LogP contribution in [-0.4, -0.2) is 55.0 Å². The van der Waals surface area contributed by atoms with Crippen molar-refractivity contribution in [2.75, 3.05) is 25.0 Å². The maximum absolute atomic E-state index is 13.0. The molecule has 0 aromatic carbocycles. The smallest absolute Gasteiger partial charge is 0.274 e. The van der Waals surface area contributed by atoms with Crippen molar-refractivity contribution in [3.05, 3.63) is 47.8 Å². The highest BCUT2D eigenvalue weighted by Gasteiger charge is 2.30. The molecule has 2 unspecified atom stereocenters. The number of halogens is 1. The number of imidazole rings is 1. The highest BCUT2D eigenvalue weighted by Crippen LogP contribution is 2.25. The first-order chi connectivity index (χ1) is 13.1. The molecule has 8 nitrogen and oxygen atoms in total. The number of carbonyl (C=O) groups excluding carboxylic acids is 1. The second kappa shape index (κ2) is 7.48. The number of fused-ring (bicyclic) bond motifs is 1. The molecule has 9 heteroatoms. The number of nitrogens with one attached hydrogen (secondary N) is 1. The lowest BCUT2D eigenvalue weighted by Crippen LogP contribution is -2.45. The van der Waals surface area contributed by atoms with Crippen LogP contribution in [0.3, 0.4) is 0 Å². The molecule has 140 valence electrons. The number of anilines is 1. The monoisotopic (exact) mass is 385 g/mol. The van der Waals surface area contributed by atoms with E-state index < -0.39 is 0 Å². The molecule has 1 amide bonds. The molecule has 1 fully saturated rings. The second-order valence-corrected chi connectivity index (χ2v) is 7.21. The summed E-state index contributed by atoms with van der Waals surface area (Å²) in [6, 6.07) is 3.64. The van der Waals surface area contributed by atoms with Crippen molar-refractivity contribution >= 4 is 29.0 Å². The lowest BCUT2D eigenvalue weighted by atomic mass is 9.87. The number of carbonyl (C=O) groups is 1. The van der Waals surface area contributed by atoms with Gasteiger partial charge in [0.05, 0.1) is 18.6 Å². The highest BCUT2D eigenvalue weighted by atomic mass is 35.5. The summed E-state index contributed by atoms with van der Waals surface area (Å²) in [7, 11) is 0. The Labute approximate surface area is 161 Å². The Morgan fingerprint density at radius 2 is 2.26 bits per heavy atom. The Balaban J connectivity index is 1.46. The summed E-state index contributed by atoms with van der Waals surface area (Å²) in [6.45, 7) is 4.31. The van der Waals surface area contributed by atoms with Gasteiger partial charge < -0.3 is 10.2 Å². The number of piperidine rings is 1. The Kier molecular flexibility index (Phi) is 4.89. The first-order valence-corrected chi connectivity index (χ1v) is 9.29. The van der Waals surface area contributed by atoms with Crippen LogP contribution in [0, 0.1) is 11.8 Å². The molecule has 0 radical (unpaired) electrons. The molecule has 1 saturated heterocycles. The molecule has 0 saturated carbocycles. The van der Waals surface area contributed by atoms with Crippen LogP contribution < -0.4 is 5.32 Å². The number of nitrogens with zero attached hydrogens (tertiary/aromatic N) is 6. The topological polar surface area (TPSA) is 88.3 Å². The molecular weight excluding hydrogens is 366 g/mol. The minimum atomic E-state index is -0.0411. The van der Waals surface area contributed by atoms with E-state index in [4.69, 9.17) is 11.6 Å². The van der Waals surface area contributed by atoms with E-state index in [-0.39, 0.29) is 5.91 Å². The summed E-state index contributed by atoms with van der Waals surface area (Å²) < 4.78 is 1.59. The Morgan fingerprint density at radius 3 is 3.11 bits per heavy atom. The summed E-state index contributed by atoms with van der Waals surface area (Å²) in [5.74, 6) is 1.40. The van der Waals surface area contributed by atoms with Crippen molar-refractivity contribution in [2.24, 2.45) is 11.8 Å². The van der Waals surface area contributed by atoms with Crippen molar-refractivity contribution < 1.29 is 4.79 Å². The fourth-order valence-electron chi connectivity index (χ4n) is 3.40. The molecule has 3 aromatic heterocycles. The fraction of sp³-hybridized carbons (Fsp3) is 0.389. The van der Waals surface area contributed by atoms with Gasteiger partial charge in [0.25, 0.3) is 5.91 Å². The standard InChI is InChI=1S/C18H20ClN7O/c1-12-4-6-25(11-13(12)7-21-16-10-20-9-15(19)24-16)18(27)14-8-22-17-3-2-5-23-26(14)17/h2-3,5,8-10,12-13H,4,6-7,11H2,1H3,(H,21,24). The maximum atomic E-state index is 13.0. The van der Waals surface area contributed by atoms with Gasteiger partial charge in [0.15, 0.2) is 11.3 Å². The van der Waals surface area contributed by atoms with Gasteiger partial charge in [0.2, 0.25) is 0 Å². The minimum absolute atomic E-state index is 0.0411. The van der Waals surface area contributed by atoms with Gasteiger partial charge in [-0.3, -0.25) is 9.78 Å². The summed E-state index contributed by atoms with van der Waals surface area (Å²) in [4.78, 5) is 27.4. The average Bonchev–Trinajstić information content (AvgIpc) is 3.11. The number of hydrogen-bond donors (Lipinski definition) is 1. The summed E-state index contributed by atoms with van der Waals surface area (Å²) in [6.07, 6.45) is 7.34. The molecular formula is C18H20ClN7O. The van der Waals surface area contributed by atoms with Gasteiger partial charge in [0.1, 0.15) is 11.0 Å². The van der Waals surface area contributed by atoms with Crippen LogP contribution >= 0.6 is 11.6 Å². The van der Waals surface area contributed by atoms with E-state index in [0.717, 1.165) is 13.0 Å². The van der Waals surface area contributed by atoms with Crippen LogP contribution in [0.15, 0.2) is 36.9 Å².